The fraction of sp³-hybridized carbons (Fsp3) is 0.400. The maximum absolute atomic E-state index is 12.3. The molecular weight excluding hydrogens is 344 g/mol. The first-order valence-electron chi connectivity index (χ1n) is 9.18. The number of benzene rings is 1. The smallest absolute Gasteiger partial charge is 0.260 e. The van der Waals surface area contributed by atoms with Gasteiger partial charge in [0.2, 0.25) is 0 Å². The van der Waals surface area contributed by atoms with Gasteiger partial charge in [-0.3, -0.25) is 19.6 Å². The highest BCUT2D eigenvalue weighted by Gasteiger charge is 2.17. The van der Waals surface area contributed by atoms with E-state index in [2.05, 4.69) is 15.3 Å². The topological polar surface area (TPSA) is 84.4 Å². The molecule has 0 spiro atoms. The number of rotatable bonds is 6. The molecule has 2 heterocycles. The Hall–Kier alpha value is -2.96. The average molecular weight is 368 g/mol. The van der Waals surface area contributed by atoms with Crippen LogP contribution in [0.4, 0.5) is 0 Å². The van der Waals surface area contributed by atoms with Gasteiger partial charge in [-0.15, -0.1) is 0 Å². The van der Waals surface area contributed by atoms with Gasteiger partial charge in [-0.25, -0.2) is 0 Å². The van der Waals surface area contributed by atoms with Gasteiger partial charge >= 0.3 is 0 Å². The number of nitrogens with zero attached hydrogens (tertiary/aromatic N) is 3. The van der Waals surface area contributed by atoms with E-state index in [9.17, 15) is 9.59 Å². The van der Waals surface area contributed by atoms with Gasteiger partial charge in [0.25, 0.3) is 11.8 Å². The largest absolute Gasteiger partial charge is 0.484 e. The molecule has 7 nitrogen and oxygen atoms in total. The Morgan fingerprint density at radius 1 is 1.15 bits per heavy atom. The number of hydrogen-bond donors (Lipinski definition) is 1. The minimum Gasteiger partial charge on any atom is -0.484 e. The van der Waals surface area contributed by atoms with Crippen molar-refractivity contribution in [2.45, 2.75) is 32.7 Å². The molecule has 2 amide bonds. The molecule has 27 heavy (non-hydrogen) atoms. The van der Waals surface area contributed by atoms with Crippen LogP contribution in [0.5, 0.6) is 5.75 Å². The zero-order valence-corrected chi connectivity index (χ0v) is 15.5. The fourth-order valence-electron chi connectivity index (χ4n) is 2.89. The molecule has 3 rings (SSSR count). The van der Waals surface area contributed by atoms with E-state index in [1.165, 1.54) is 6.42 Å². The number of likely N-dealkylation sites (tertiary alicyclic amines) is 1. The number of carbonyl (C=O) groups is 2. The Kier molecular flexibility index (Phi) is 6.35. The summed E-state index contributed by atoms with van der Waals surface area (Å²) in [7, 11) is 0. The predicted molar refractivity (Wildman–Crippen MR) is 100 cm³/mol. The lowest BCUT2D eigenvalue weighted by atomic mass is 10.1. The van der Waals surface area contributed by atoms with Crippen molar-refractivity contribution in [3.05, 3.63) is 53.6 Å². The number of ether oxygens (including phenoxy) is 1. The SMILES string of the molecule is Cc1cnc(CNC(=O)c2cccc(OCC(=O)N3CCCCC3)c2)cn1. The summed E-state index contributed by atoms with van der Waals surface area (Å²) in [6, 6.07) is 6.82. The number of carbonyl (C=O) groups excluding carboxylic acids is 2. The van der Waals surface area contributed by atoms with Crippen LogP contribution < -0.4 is 10.1 Å². The van der Waals surface area contributed by atoms with Crippen molar-refractivity contribution in [2.24, 2.45) is 0 Å². The highest BCUT2D eigenvalue weighted by Crippen LogP contribution is 2.15. The third-order valence-electron chi connectivity index (χ3n) is 4.43. The molecule has 1 aromatic carbocycles. The van der Waals surface area contributed by atoms with E-state index in [0.29, 0.717) is 23.6 Å². The van der Waals surface area contributed by atoms with Crippen molar-refractivity contribution in [2.75, 3.05) is 19.7 Å². The summed E-state index contributed by atoms with van der Waals surface area (Å²) in [6.45, 7) is 3.74. The lowest BCUT2D eigenvalue weighted by Gasteiger charge is -2.26. The Balaban J connectivity index is 1.52. The van der Waals surface area contributed by atoms with Gasteiger partial charge in [0.05, 0.1) is 24.1 Å². The van der Waals surface area contributed by atoms with Crippen LogP contribution in [0.1, 0.15) is 41.0 Å². The molecule has 0 atom stereocenters. The van der Waals surface area contributed by atoms with E-state index in [0.717, 1.165) is 31.6 Å². The number of aromatic nitrogens is 2. The molecule has 1 aliphatic heterocycles. The molecule has 0 radical (unpaired) electrons. The first-order chi connectivity index (χ1) is 13.1. The first kappa shape index (κ1) is 18.8. The lowest BCUT2D eigenvalue weighted by Crippen LogP contribution is -2.38. The highest BCUT2D eigenvalue weighted by atomic mass is 16.5. The Morgan fingerprint density at radius 2 is 1.96 bits per heavy atom. The Morgan fingerprint density at radius 3 is 2.70 bits per heavy atom. The molecule has 1 fully saturated rings. The van der Waals surface area contributed by atoms with Crippen LogP contribution in [-0.4, -0.2) is 46.4 Å². The van der Waals surface area contributed by atoms with Gasteiger partial charge in [-0.1, -0.05) is 6.07 Å². The average Bonchev–Trinajstić information content (AvgIpc) is 2.72. The van der Waals surface area contributed by atoms with Gasteiger partial charge in [-0.2, -0.15) is 0 Å². The fourth-order valence-corrected chi connectivity index (χ4v) is 2.89. The molecule has 7 heteroatoms. The van der Waals surface area contributed by atoms with Crippen LogP contribution in [0.15, 0.2) is 36.7 Å². The first-order valence-corrected chi connectivity index (χ1v) is 9.18. The van der Waals surface area contributed by atoms with E-state index in [-0.39, 0.29) is 18.4 Å². The zero-order chi connectivity index (χ0) is 19.1. The highest BCUT2D eigenvalue weighted by molar-refractivity contribution is 5.94. The van der Waals surface area contributed by atoms with Crippen LogP contribution >= 0.6 is 0 Å². The van der Waals surface area contributed by atoms with E-state index in [1.807, 2.05) is 11.8 Å². The molecular formula is C20H24N4O3. The van der Waals surface area contributed by atoms with Crippen LogP contribution in [0.25, 0.3) is 0 Å². The van der Waals surface area contributed by atoms with Gasteiger partial charge in [0.1, 0.15) is 5.75 Å². The maximum atomic E-state index is 12.3. The summed E-state index contributed by atoms with van der Waals surface area (Å²) in [5, 5.41) is 2.81. The summed E-state index contributed by atoms with van der Waals surface area (Å²) in [6.07, 6.45) is 6.58. The predicted octanol–water partition coefficient (Wildman–Crippen LogP) is 2.11. The van der Waals surface area contributed by atoms with Crippen molar-refractivity contribution < 1.29 is 14.3 Å². The minimum absolute atomic E-state index is 0.00989. The molecule has 142 valence electrons. The molecule has 0 unspecified atom stereocenters. The summed E-state index contributed by atoms with van der Waals surface area (Å²) in [5.41, 5.74) is 1.99. The quantitative estimate of drug-likeness (QED) is 0.844. The minimum atomic E-state index is -0.231. The Labute approximate surface area is 158 Å². The number of nitrogens with one attached hydrogen (secondary N) is 1. The van der Waals surface area contributed by atoms with Crippen molar-refractivity contribution in [3.63, 3.8) is 0 Å². The van der Waals surface area contributed by atoms with Crippen LogP contribution in [-0.2, 0) is 11.3 Å². The summed E-state index contributed by atoms with van der Waals surface area (Å²) in [5.74, 6) is 0.260. The van der Waals surface area contributed by atoms with E-state index < -0.39 is 0 Å². The summed E-state index contributed by atoms with van der Waals surface area (Å²) < 4.78 is 5.59. The van der Waals surface area contributed by atoms with Crippen molar-refractivity contribution in [3.8, 4) is 5.75 Å². The number of aryl methyl sites for hydroxylation is 1. The number of piperidine rings is 1. The third-order valence-corrected chi connectivity index (χ3v) is 4.43. The standard InChI is InChI=1S/C20H24N4O3/c1-15-11-22-17(12-21-15)13-23-20(26)16-6-5-7-18(10-16)27-14-19(25)24-8-3-2-4-9-24/h5-7,10-12H,2-4,8-9,13-14H2,1H3,(H,23,26). The van der Waals surface area contributed by atoms with Gasteiger partial charge < -0.3 is 15.0 Å². The van der Waals surface area contributed by atoms with Crippen LogP contribution in [0.3, 0.4) is 0 Å². The molecule has 2 aromatic rings. The number of hydrogen-bond acceptors (Lipinski definition) is 5. The van der Waals surface area contributed by atoms with Crippen molar-refractivity contribution >= 4 is 11.8 Å². The second-order valence-corrected chi connectivity index (χ2v) is 6.59. The summed E-state index contributed by atoms with van der Waals surface area (Å²) in [4.78, 5) is 34.7. The van der Waals surface area contributed by atoms with Crippen LogP contribution in [0.2, 0.25) is 0 Å². The van der Waals surface area contributed by atoms with E-state index in [1.54, 1.807) is 36.7 Å². The van der Waals surface area contributed by atoms with Gasteiger partial charge in [0, 0.05) is 24.8 Å². The molecule has 1 N–H and O–H groups in total. The van der Waals surface area contributed by atoms with Gasteiger partial charge in [0.15, 0.2) is 6.61 Å². The third kappa shape index (κ3) is 5.51. The molecule has 0 bridgehead atoms. The maximum Gasteiger partial charge on any atom is 0.260 e. The van der Waals surface area contributed by atoms with Gasteiger partial charge in [-0.05, 0) is 44.4 Å². The molecule has 0 saturated carbocycles. The van der Waals surface area contributed by atoms with Crippen molar-refractivity contribution in [1.82, 2.24) is 20.2 Å². The summed E-state index contributed by atoms with van der Waals surface area (Å²) >= 11 is 0. The number of amides is 2. The van der Waals surface area contributed by atoms with Crippen LogP contribution in [0, 0.1) is 6.92 Å². The second kappa shape index (κ2) is 9.12. The zero-order valence-electron chi connectivity index (χ0n) is 15.5. The monoisotopic (exact) mass is 368 g/mol. The molecule has 1 aromatic heterocycles. The lowest BCUT2D eigenvalue weighted by molar-refractivity contribution is -0.134. The molecule has 1 saturated heterocycles. The Bertz CT molecular complexity index is 786. The molecule has 1 aliphatic rings. The van der Waals surface area contributed by atoms with Crippen molar-refractivity contribution in [1.29, 1.82) is 0 Å². The second-order valence-electron chi connectivity index (χ2n) is 6.59. The van der Waals surface area contributed by atoms with E-state index in [4.69, 9.17) is 4.74 Å². The molecule has 0 aliphatic carbocycles. The normalized spacial score (nSPS) is 13.9. The van der Waals surface area contributed by atoms with E-state index >= 15 is 0 Å².